The quantitative estimate of drug-likeness (QED) is 0.811. The molecule has 0 unspecified atom stereocenters. The molecule has 0 aliphatic carbocycles. The third-order valence-corrected chi connectivity index (χ3v) is 3.60. The highest BCUT2D eigenvalue weighted by atomic mass is 35.5. The second-order valence-corrected chi connectivity index (χ2v) is 4.94. The van der Waals surface area contributed by atoms with Crippen molar-refractivity contribution >= 4 is 11.6 Å². The van der Waals surface area contributed by atoms with Crippen LogP contribution in [0.25, 0.3) is 0 Å². The van der Waals surface area contributed by atoms with Crippen LogP contribution in [0, 0.1) is 12.7 Å². The van der Waals surface area contributed by atoms with E-state index in [-0.39, 0.29) is 10.8 Å². The molecule has 0 aliphatic heterocycles. The summed E-state index contributed by atoms with van der Waals surface area (Å²) >= 11 is 5.90. The van der Waals surface area contributed by atoms with E-state index in [1.165, 1.54) is 17.2 Å². The Labute approximate surface area is 118 Å². The van der Waals surface area contributed by atoms with E-state index < -0.39 is 0 Å². The Hall–Kier alpha value is -1.38. The van der Waals surface area contributed by atoms with Gasteiger partial charge in [-0.1, -0.05) is 48.0 Å². The number of benzene rings is 2. The fraction of sp³-hybridized carbons (Fsp3) is 0.250. The molecule has 2 rings (SSSR count). The molecule has 19 heavy (non-hydrogen) atoms. The topological polar surface area (TPSA) is 12.0 Å². The maximum absolute atomic E-state index is 13.2. The van der Waals surface area contributed by atoms with E-state index in [0.29, 0.717) is 6.54 Å². The van der Waals surface area contributed by atoms with Crippen LogP contribution in [0.4, 0.5) is 4.39 Å². The first kappa shape index (κ1) is 14.0. The van der Waals surface area contributed by atoms with Crippen molar-refractivity contribution < 1.29 is 4.39 Å². The van der Waals surface area contributed by atoms with E-state index in [9.17, 15) is 4.39 Å². The van der Waals surface area contributed by atoms with Crippen molar-refractivity contribution in [2.24, 2.45) is 0 Å². The molecule has 0 saturated heterocycles. The maximum Gasteiger partial charge on any atom is 0.142 e. The van der Waals surface area contributed by atoms with Gasteiger partial charge in [0.2, 0.25) is 0 Å². The third kappa shape index (κ3) is 3.79. The molecule has 3 heteroatoms. The Morgan fingerprint density at radius 2 is 1.79 bits per heavy atom. The van der Waals surface area contributed by atoms with Gasteiger partial charge in [0.15, 0.2) is 0 Å². The molecule has 0 radical (unpaired) electrons. The highest BCUT2D eigenvalue weighted by molar-refractivity contribution is 6.31. The number of rotatable bonds is 5. The van der Waals surface area contributed by atoms with Crippen molar-refractivity contribution in [3.05, 3.63) is 70.0 Å². The fourth-order valence-electron chi connectivity index (χ4n) is 2.02. The molecule has 0 fully saturated rings. The number of nitrogens with one attached hydrogen (secondary N) is 1. The summed E-state index contributed by atoms with van der Waals surface area (Å²) in [5, 5.41) is 3.51. The first-order valence-corrected chi connectivity index (χ1v) is 6.74. The molecule has 0 heterocycles. The van der Waals surface area contributed by atoms with Crippen LogP contribution >= 0.6 is 11.6 Å². The lowest BCUT2D eigenvalue weighted by Crippen LogP contribution is -2.17. The first-order valence-electron chi connectivity index (χ1n) is 6.36. The zero-order valence-corrected chi connectivity index (χ0v) is 11.7. The van der Waals surface area contributed by atoms with Crippen LogP contribution in [-0.4, -0.2) is 6.54 Å². The number of hydrogen-bond acceptors (Lipinski definition) is 1. The summed E-state index contributed by atoms with van der Waals surface area (Å²) in [5.41, 5.74) is 3.43. The molecule has 1 nitrogen and oxygen atoms in total. The van der Waals surface area contributed by atoms with Crippen LogP contribution in [0.15, 0.2) is 42.5 Å². The number of halogens is 2. The highest BCUT2D eigenvalue weighted by Crippen LogP contribution is 2.19. The van der Waals surface area contributed by atoms with Crippen molar-refractivity contribution in [2.75, 3.05) is 6.54 Å². The molecule has 2 aromatic rings. The minimum Gasteiger partial charge on any atom is -0.312 e. The predicted octanol–water partition coefficient (Wildman–Crippen LogP) is 4.12. The van der Waals surface area contributed by atoms with Crippen molar-refractivity contribution in [2.45, 2.75) is 19.9 Å². The van der Waals surface area contributed by atoms with Gasteiger partial charge in [0, 0.05) is 6.54 Å². The zero-order chi connectivity index (χ0) is 13.7. The molecule has 1 N–H and O–H groups in total. The van der Waals surface area contributed by atoms with Crippen LogP contribution in [0.3, 0.4) is 0 Å². The van der Waals surface area contributed by atoms with E-state index in [1.807, 2.05) is 18.2 Å². The van der Waals surface area contributed by atoms with Crippen LogP contribution in [0.5, 0.6) is 0 Å². The minimum absolute atomic E-state index is 0.214. The summed E-state index contributed by atoms with van der Waals surface area (Å²) in [5.74, 6) is -0.361. The smallest absolute Gasteiger partial charge is 0.142 e. The lowest BCUT2D eigenvalue weighted by Gasteiger charge is -2.08. The summed E-state index contributed by atoms with van der Waals surface area (Å²) in [6.45, 7) is 3.54. The van der Waals surface area contributed by atoms with Gasteiger partial charge >= 0.3 is 0 Å². The van der Waals surface area contributed by atoms with Crippen LogP contribution in [0.2, 0.25) is 5.02 Å². The Morgan fingerprint density at radius 3 is 2.58 bits per heavy atom. The van der Waals surface area contributed by atoms with Crippen molar-refractivity contribution in [1.82, 2.24) is 5.32 Å². The van der Waals surface area contributed by atoms with E-state index in [2.05, 4.69) is 24.4 Å². The molecule has 0 saturated carbocycles. The largest absolute Gasteiger partial charge is 0.312 e. The first-order chi connectivity index (χ1) is 9.18. The maximum atomic E-state index is 13.2. The lowest BCUT2D eigenvalue weighted by atomic mass is 10.1. The standard InChI is InChI=1S/C16H17ClFN/c1-12-5-2-3-6-13(12)9-10-19-11-14-7-4-8-15(18)16(14)17/h2-8,19H,9-11H2,1H3. The SMILES string of the molecule is Cc1ccccc1CCNCc1cccc(F)c1Cl. The molecule has 100 valence electrons. The van der Waals surface area contributed by atoms with Gasteiger partial charge in [-0.05, 0) is 42.6 Å². The summed E-state index contributed by atoms with van der Waals surface area (Å²) in [7, 11) is 0. The fourth-order valence-corrected chi connectivity index (χ4v) is 2.21. The van der Waals surface area contributed by atoms with E-state index in [1.54, 1.807) is 6.07 Å². The molecular formula is C16H17ClFN. The zero-order valence-electron chi connectivity index (χ0n) is 10.9. The summed E-state index contributed by atoms with van der Waals surface area (Å²) < 4.78 is 13.2. The molecule has 0 aromatic heterocycles. The van der Waals surface area contributed by atoms with Gasteiger partial charge in [-0.25, -0.2) is 4.39 Å². The van der Waals surface area contributed by atoms with Gasteiger partial charge in [0.1, 0.15) is 5.82 Å². The Kier molecular flexibility index (Phi) is 4.94. The molecule has 0 spiro atoms. The number of hydrogen-bond donors (Lipinski definition) is 1. The molecular weight excluding hydrogens is 261 g/mol. The monoisotopic (exact) mass is 277 g/mol. The van der Waals surface area contributed by atoms with Gasteiger partial charge in [-0.15, -0.1) is 0 Å². The summed E-state index contributed by atoms with van der Waals surface area (Å²) in [6.07, 6.45) is 0.958. The van der Waals surface area contributed by atoms with Gasteiger partial charge in [-0.3, -0.25) is 0 Å². The summed E-state index contributed by atoms with van der Waals surface area (Å²) in [6, 6.07) is 13.2. The highest BCUT2D eigenvalue weighted by Gasteiger charge is 2.04. The van der Waals surface area contributed by atoms with E-state index in [4.69, 9.17) is 11.6 Å². The molecule has 2 aromatic carbocycles. The molecule has 0 aliphatic rings. The van der Waals surface area contributed by atoms with Crippen LogP contribution in [0.1, 0.15) is 16.7 Å². The van der Waals surface area contributed by atoms with Crippen molar-refractivity contribution in [3.63, 3.8) is 0 Å². The minimum atomic E-state index is -0.361. The van der Waals surface area contributed by atoms with Crippen molar-refractivity contribution in [1.29, 1.82) is 0 Å². The lowest BCUT2D eigenvalue weighted by molar-refractivity contribution is 0.620. The second kappa shape index (κ2) is 6.69. The average Bonchev–Trinajstić information content (AvgIpc) is 2.41. The van der Waals surface area contributed by atoms with Gasteiger partial charge < -0.3 is 5.32 Å². The Bertz CT molecular complexity index is 554. The predicted molar refractivity (Wildman–Crippen MR) is 78.0 cm³/mol. The third-order valence-electron chi connectivity index (χ3n) is 3.18. The van der Waals surface area contributed by atoms with Gasteiger partial charge in [-0.2, -0.15) is 0 Å². The van der Waals surface area contributed by atoms with Gasteiger partial charge in [0.05, 0.1) is 5.02 Å². The Balaban J connectivity index is 1.84. The second-order valence-electron chi connectivity index (χ2n) is 4.57. The molecule has 0 amide bonds. The normalized spacial score (nSPS) is 10.7. The Morgan fingerprint density at radius 1 is 1.05 bits per heavy atom. The molecule has 0 atom stereocenters. The average molecular weight is 278 g/mol. The molecule has 0 bridgehead atoms. The number of aryl methyl sites for hydroxylation is 1. The van der Waals surface area contributed by atoms with E-state index >= 15 is 0 Å². The van der Waals surface area contributed by atoms with Crippen LogP contribution in [-0.2, 0) is 13.0 Å². The van der Waals surface area contributed by atoms with Gasteiger partial charge in [0.25, 0.3) is 0 Å². The summed E-state index contributed by atoms with van der Waals surface area (Å²) in [4.78, 5) is 0. The van der Waals surface area contributed by atoms with Crippen LogP contribution < -0.4 is 5.32 Å². The van der Waals surface area contributed by atoms with E-state index in [0.717, 1.165) is 18.5 Å². The van der Waals surface area contributed by atoms with Crippen molar-refractivity contribution in [3.8, 4) is 0 Å².